The minimum absolute atomic E-state index is 0.581. The van der Waals surface area contributed by atoms with Crippen LogP contribution in [0.25, 0.3) is 11.0 Å². The summed E-state index contributed by atoms with van der Waals surface area (Å²) in [6.45, 7) is 1.64. The van der Waals surface area contributed by atoms with E-state index in [0.29, 0.717) is 0 Å². The molecule has 1 aromatic carbocycles. The topological polar surface area (TPSA) is 55.1 Å². The van der Waals surface area contributed by atoms with Crippen LogP contribution in [0.2, 0.25) is 0 Å². The Labute approximate surface area is 80.8 Å². The van der Waals surface area contributed by atoms with Crippen molar-refractivity contribution in [3.63, 3.8) is 0 Å². The Morgan fingerprint density at radius 1 is 1.50 bits per heavy atom. The Kier molecular flexibility index (Phi) is 1.96. The number of aromatic nitrogens is 2. The molecule has 2 rings (SSSR count). The Balaban J connectivity index is 2.58. The zero-order valence-electron chi connectivity index (χ0n) is 7.71. The molecule has 1 atom stereocenters. The normalized spacial score (nSPS) is 12.9. The second kappa shape index (κ2) is 3.14. The molecule has 2 aromatic rings. The Hall–Kier alpha value is -1.84. The molecule has 0 aliphatic heterocycles. The number of hydrogen-bond acceptors (Lipinski definition) is 2. The molecule has 0 radical (unpaired) electrons. The highest BCUT2D eigenvalue weighted by Crippen LogP contribution is 2.16. The van der Waals surface area contributed by atoms with Gasteiger partial charge in [0, 0.05) is 0 Å². The lowest BCUT2D eigenvalue weighted by atomic mass is 10.3. The van der Waals surface area contributed by atoms with Crippen LogP contribution in [0.15, 0.2) is 30.6 Å². The van der Waals surface area contributed by atoms with Gasteiger partial charge in [0.25, 0.3) is 0 Å². The van der Waals surface area contributed by atoms with Crippen LogP contribution in [-0.4, -0.2) is 20.6 Å². The Morgan fingerprint density at radius 3 is 2.93 bits per heavy atom. The van der Waals surface area contributed by atoms with Gasteiger partial charge in [0.1, 0.15) is 6.04 Å². The maximum atomic E-state index is 10.8. The van der Waals surface area contributed by atoms with E-state index < -0.39 is 12.0 Å². The molecule has 0 bridgehead atoms. The Morgan fingerprint density at radius 2 is 2.21 bits per heavy atom. The summed E-state index contributed by atoms with van der Waals surface area (Å²) in [6, 6.07) is 6.89. The minimum atomic E-state index is -0.854. The first-order valence-corrected chi connectivity index (χ1v) is 4.34. The van der Waals surface area contributed by atoms with Gasteiger partial charge >= 0.3 is 5.97 Å². The van der Waals surface area contributed by atoms with Gasteiger partial charge in [-0.1, -0.05) is 12.1 Å². The molecule has 14 heavy (non-hydrogen) atoms. The molecule has 1 N–H and O–H groups in total. The predicted octanol–water partition coefficient (Wildman–Crippen LogP) is 1.68. The first-order valence-electron chi connectivity index (χ1n) is 4.34. The van der Waals surface area contributed by atoms with Gasteiger partial charge in [0.05, 0.1) is 17.4 Å². The largest absolute Gasteiger partial charge is 0.480 e. The summed E-state index contributed by atoms with van der Waals surface area (Å²) in [7, 11) is 0. The maximum Gasteiger partial charge on any atom is 0.326 e. The summed E-state index contributed by atoms with van der Waals surface area (Å²) in [6.07, 6.45) is 1.56. The number of fused-ring (bicyclic) bond motifs is 1. The molecule has 0 aliphatic carbocycles. The van der Waals surface area contributed by atoms with Crippen molar-refractivity contribution in [3.8, 4) is 0 Å². The third kappa shape index (κ3) is 1.25. The van der Waals surface area contributed by atoms with Gasteiger partial charge in [0.15, 0.2) is 0 Å². The molecule has 0 aliphatic rings. The van der Waals surface area contributed by atoms with Crippen molar-refractivity contribution in [3.05, 3.63) is 30.6 Å². The van der Waals surface area contributed by atoms with Crippen molar-refractivity contribution in [1.82, 2.24) is 9.55 Å². The first kappa shape index (κ1) is 8.74. The number of para-hydroxylation sites is 2. The second-order valence-electron chi connectivity index (χ2n) is 3.15. The van der Waals surface area contributed by atoms with Crippen LogP contribution >= 0.6 is 0 Å². The molecule has 4 nitrogen and oxygen atoms in total. The van der Waals surface area contributed by atoms with Gasteiger partial charge in [-0.3, -0.25) is 0 Å². The molecule has 0 unspecified atom stereocenters. The monoisotopic (exact) mass is 190 g/mol. The smallest absolute Gasteiger partial charge is 0.326 e. The quantitative estimate of drug-likeness (QED) is 0.783. The average Bonchev–Trinajstić information content (AvgIpc) is 2.60. The number of aliphatic carboxylic acids is 1. The number of carboxylic acids is 1. The summed E-state index contributed by atoms with van der Waals surface area (Å²) in [4.78, 5) is 14.9. The highest BCUT2D eigenvalue weighted by atomic mass is 16.4. The number of hydrogen-bond donors (Lipinski definition) is 1. The van der Waals surface area contributed by atoms with Crippen molar-refractivity contribution < 1.29 is 9.90 Å². The maximum absolute atomic E-state index is 10.8. The molecule has 0 amide bonds. The van der Waals surface area contributed by atoms with E-state index in [1.165, 1.54) is 0 Å². The van der Waals surface area contributed by atoms with E-state index in [0.717, 1.165) is 11.0 Å². The minimum Gasteiger partial charge on any atom is -0.480 e. The fourth-order valence-corrected chi connectivity index (χ4v) is 1.41. The van der Waals surface area contributed by atoms with E-state index in [1.807, 2.05) is 24.3 Å². The lowest BCUT2D eigenvalue weighted by Gasteiger charge is -2.08. The SMILES string of the molecule is C[C@@H](C(=O)O)n1cnc2ccccc21. The van der Waals surface area contributed by atoms with Crippen LogP contribution in [0.4, 0.5) is 0 Å². The van der Waals surface area contributed by atoms with E-state index >= 15 is 0 Å². The van der Waals surface area contributed by atoms with Crippen LogP contribution in [-0.2, 0) is 4.79 Å². The summed E-state index contributed by atoms with van der Waals surface area (Å²) in [5.74, 6) is -0.854. The van der Waals surface area contributed by atoms with Gasteiger partial charge in [-0.25, -0.2) is 9.78 Å². The van der Waals surface area contributed by atoms with E-state index in [2.05, 4.69) is 4.98 Å². The predicted molar refractivity (Wildman–Crippen MR) is 52.1 cm³/mol. The average molecular weight is 190 g/mol. The summed E-state index contributed by atoms with van der Waals surface area (Å²) in [5, 5.41) is 8.86. The highest BCUT2D eigenvalue weighted by molar-refractivity contribution is 5.79. The van der Waals surface area contributed by atoms with Crippen molar-refractivity contribution in [1.29, 1.82) is 0 Å². The zero-order valence-corrected chi connectivity index (χ0v) is 7.71. The van der Waals surface area contributed by atoms with Crippen LogP contribution < -0.4 is 0 Å². The second-order valence-corrected chi connectivity index (χ2v) is 3.15. The molecular formula is C10H10N2O2. The van der Waals surface area contributed by atoms with E-state index in [1.54, 1.807) is 17.8 Å². The molecule has 4 heteroatoms. The molecule has 1 heterocycles. The standard InChI is InChI=1S/C10H10N2O2/c1-7(10(13)14)12-6-11-8-4-2-3-5-9(8)12/h2-7H,1H3,(H,13,14)/t7-/m0/s1. The molecule has 0 spiro atoms. The third-order valence-corrected chi connectivity index (χ3v) is 2.26. The van der Waals surface area contributed by atoms with E-state index in [4.69, 9.17) is 5.11 Å². The first-order chi connectivity index (χ1) is 6.70. The third-order valence-electron chi connectivity index (χ3n) is 2.26. The number of benzene rings is 1. The number of nitrogens with zero attached hydrogens (tertiary/aromatic N) is 2. The molecule has 72 valence electrons. The van der Waals surface area contributed by atoms with Crippen molar-refractivity contribution in [2.45, 2.75) is 13.0 Å². The fourth-order valence-electron chi connectivity index (χ4n) is 1.41. The summed E-state index contributed by atoms with van der Waals surface area (Å²) < 4.78 is 1.65. The van der Waals surface area contributed by atoms with Crippen LogP contribution in [0.5, 0.6) is 0 Å². The molecule has 1 aromatic heterocycles. The van der Waals surface area contributed by atoms with Crippen molar-refractivity contribution in [2.24, 2.45) is 0 Å². The van der Waals surface area contributed by atoms with Gasteiger partial charge < -0.3 is 9.67 Å². The van der Waals surface area contributed by atoms with Gasteiger partial charge in [-0.05, 0) is 19.1 Å². The van der Waals surface area contributed by atoms with Gasteiger partial charge in [-0.2, -0.15) is 0 Å². The number of carboxylic acid groups (broad SMARTS) is 1. The highest BCUT2D eigenvalue weighted by Gasteiger charge is 2.14. The van der Waals surface area contributed by atoms with Gasteiger partial charge in [-0.15, -0.1) is 0 Å². The molecular weight excluding hydrogens is 180 g/mol. The van der Waals surface area contributed by atoms with Crippen molar-refractivity contribution >= 4 is 17.0 Å². The van der Waals surface area contributed by atoms with Crippen LogP contribution in [0, 0.1) is 0 Å². The molecule has 0 fully saturated rings. The fraction of sp³-hybridized carbons (Fsp3) is 0.200. The van der Waals surface area contributed by atoms with Crippen LogP contribution in [0.3, 0.4) is 0 Å². The molecule has 0 saturated carbocycles. The van der Waals surface area contributed by atoms with E-state index in [9.17, 15) is 4.79 Å². The van der Waals surface area contributed by atoms with Gasteiger partial charge in [0.2, 0.25) is 0 Å². The summed E-state index contributed by atoms with van der Waals surface area (Å²) in [5.41, 5.74) is 1.67. The number of imidazole rings is 1. The summed E-state index contributed by atoms with van der Waals surface area (Å²) >= 11 is 0. The number of rotatable bonds is 2. The molecule has 0 saturated heterocycles. The van der Waals surface area contributed by atoms with Crippen molar-refractivity contribution in [2.75, 3.05) is 0 Å². The number of carbonyl (C=O) groups is 1. The Bertz CT molecular complexity index is 476. The lowest BCUT2D eigenvalue weighted by molar-refractivity contribution is -0.140. The zero-order chi connectivity index (χ0) is 10.1. The lowest BCUT2D eigenvalue weighted by Crippen LogP contribution is -2.14. The van der Waals surface area contributed by atoms with Crippen LogP contribution in [0.1, 0.15) is 13.0 Å². The van der Waals surface area contributed by atoms with E-state index in [-0.39, 0.29) is 0 Å².